The molecular weight excluding hydrogens is 391 g/mol. The summed E-state index contributed by atoms with van der Waals surface area (Å²) in [5, 5.41) is 0. The highest BCUT2D eigenvalue weighted by molar-refractivity contribution is 7.90. The molecule has 5 nitrogen and oxygen atoms in total. The van der Waals surface area contributed by atoms with Crippen LogP contribution >= 0.6 is 0 Å². The molecule has 7 heteroatoms. The molecule has 0 radical (unpaired) electrons. The van der Waals surface area contributed by atoms with Gasteiger partial charge in [-0.3, -0.25) is 0 Å². The molecule has 0 amide bonds. The fourth-order valence-electron chi connectivity index (χ4n) is 3.11. The van der Waals surface area contributed by atoms with Gasteiger partial charge in [-0.25, -0.2) is 16.8 Å². The van der Waals surface area contributed by atoms with Crippen LogP contribution < -0.4 is 4.90 Å². The second-order valence-electron chi connectivity index (χ2n) is 6.76. The molecule has 0 saturated carbocycles. The average Bonchev–Trinajstić information content (AvgIpc) is 3.39. The van der Waals surface area contributed by atoms with E-state index in [0.717, 1.165) is 3.97 Å². The van der Waals surface area contributed by atoms with E-state index in [0.29, 0.717) is 17.0 Å². The zero-order valence-electron chi connectivity index (χ0n) is 15.9. The minimum Gasteiger partial charge on any atom is -0.464 e. The molecule has 0 atom stereocenters. The van der Waals surface area contributed by atoms with E-state index >= 15 is 0 Å². The van der Waals surface area contributed by atoms with Crippen LogP contribution in [0.25, 0.3) is 22.6 Å². The van der Waals surface area contributed by atoms with Crippen molar-refractivity contribution >= 4 is 15.7 Å². The molecule has 29 heavy (non-hydrogen) atoms. The second kappa shape index (κ2) is 7.25. The first-order valence-corrected chi connectivity index (χ1v) is 10.4. The molecule has 2 aromatic heterocycles. The Labute approximate surface area is 168 Å². The number of furan rings is 1. The largest absolute Gasteiger partial charge is 0.464 e. The highest BCUT2D eigenvalue weighted by Crippen LogP contribution is 2.32. The van der Waals surface area contributed by atoms with Crippen molar-refractivity contribution in [2.45, 2.75) is 4.90 Å². The highest BCUT2D eigenvalue weighted by Gasteiger charge is 2.24. The zero-order valence-corrected chi connectivity index (χ0v) is 16.7. The summed E-state index contributed by atoms with van der Waals surface area (Å²) in [6, 6.07) is 17.8. The fraction of sp³-hybridized carbons (Fsp3) is 0.0909. The molecule has 0 spiro atoms. The van der Waals surface area contributed by atoms with Crippen molar-refractivity contribution in [2.75, 3.05) is 19.0 Å². The lowest BCUT2D eigenvalue weighted by Crippen LogP contribution is -2.14. The second-order valence-corrected chi connectivity index (χ2v) is 8.58. The summed E-state index contributed by atoms with van der Waals surface area (Å²) in [7, 11) is -0.378. The average molecular weight is 410 g/mol. The Balaban J connectivity index is 1.90. The van der Waals surface area contributed by atoms with E-state index < -0.39 is 15.8 Å². The maximum Gasteiger partial charge on any atom is 0.268 e. The number of anilines is 1. The molecule has 148 valence electrons. The first-order valence-electron chi connectivity index (χ1n) is 8.92. The summed E-state index contributed by atoms with van der Waals surface area (Å²) >= 11 is 0. The van der Waals surface area contributed by atoms with Gasteiger partial charge in [0.15, 0.2) is 0 Å². The minimum absolute atomic E-state index is 0.0879. The van der Waals surface area contributed by atoms with Gasteiger partial charge in [0, 0.05) is 31.4 Å². The number of hydrogen-bond acceptors (Lipinski definition) is 4. The number of hydrogen-bond donors (Lipinski definition) is 0. The lowest BCUT2D eigenvalue weighted by Gasteiger charge is -2.12. The first kappa shape index (κ1) is 19.0. The third-order valence-corrected chi connectivity index (χ3v) is 6.30. The molecule has 0 saturated heterocycles. The van der Waals surface area contributed by atoms with E-state index in [1.165, 1.54) is 24.6 Å². The zero-order chi connectivity index (χ0) is 20.6. The fourth-order valence-corrected chi connectivity index (χ4v) is 4.52. The predicted octanol–water partition coefficient (Wildman–Crippen LogP) is 4.86. The summed E-state index contributed by atoms with van der Waals surface area (Å²) in [4.78, 5) is 1.86. The lowest BCUT2D eigenvalue weighted by molar-refractivity contribution is 0.581. The van der Waals surface area contributed by atoms with Crippen molar-refractivity contribution in [3.05, 3.63) is 85.0 Å². The Bertz CT molecular complexity index is 1260. The summed E-state index contributed by atoms with van der Waals surface area (Å²) in [6.45, 7) is 0. The van der Waals surface area contributed by atoms with E-state index in [1.54, 1.807) is 73.6 Å². The molecule has 4 rings (SSSR count). The SMILES string of the molecule is CN(C)c1cc(-c2ccccc2F)n(S(=O)(=O)c2cccc(-c3ccco3)c2)c1. The van der Waals surface area contributed by atoms with Gasteiger partial charge in [-0.15, -0.1) is 0 Å². The molecular formula is C22H19FN2O3S. The normalized spacial score (nSPS) is 11.6. The van der Waals surface area contributed by atoms with Crippen LogP contribution in [-0.4, -0.2) is 26.5 Å². The third-order valence-electron chi connectivity index (χ3n) is 4.63. The maximum absolute atomic E-state index is 14.5. The quantitative estimate of drug-likeness (QED) is 0.472. The molecule has 2 heterocycles. The van der Waals surface area contributed by atoms with Gasteiger partial charge in [0.2, 0.25) is 0 Å². The molecule has 0 aliphatic carbocycles. The summed E-state index contributed by atoms with van der Waals surface area (Å²) in [5.74, 6) is 0.0783. The number of aromatic nitrogens is 1. The van der Waals surface area contributed by atoms with Crippen LogP contribution in [-0.2, 0) is 10.0 Å². The minimum atomic E-state index is -3.98. The van der Waals surface area contributed by atoms with Gasteiger partial charge in [-0.05, 0) is 42.5 Å². The lowest BCUT2D eigenvalue weighted by atomic mass is 10.1. The predicted molar refractivity (Wildman–Crippen MR) is 111 cm³/mol. The van der Waals surface area contributed by atoms with Gasteiger partial charge in [0.25, 0.3) is 10.0 Å². The Morgan fingerprint density at radius 2 is 1.76 bits per heavy atom. The van der Waals surface area contributed by atoms with Crippen molar-refractivity contribution in [1.82, 2.24) is 3.97 Å². The summed E-state index contributed by atoms with van der Waals surface area (Å²) in [6.07, 6.45) is 3.03. The van der Waals surface area contributed by atoms with E-state index in [1.807, 2.05) is 0 Å². The molecule has 0 bridgehead atoms. The third kappa shape index (κ3) is 3.45. The monoisotopic (exact) mass is 410 g/mol. The number of nitrogens with zero attached hydrogens (tertiary/aromatic N) is 2. The number of halogens is 1. The standard InChI is InChI=1S/C22H19FN2O3S/c1-24(2)17-14-21(19-9-3-4-10-20(19)23)25(15-17)29(26,27)18-8-5-7-16(13-18)22-11-6-12-28-22/h3-15H,1-2H3. The molecule has 0 unspecified atom stereocenters. The Kier molecular flexibility index (Phi) is 4.76. The highest BCUT2D eigenvalue weighted by atomic mass is 32.2. The van der Waals surface area contributed by atoms with Crippen LogP contribution in [0, 0.1) is 5.82 Å². The topological polar surface area (TPSA) is 55.5 Å². The van der Waals surface area contributed by atoms with Crippen molar-refractivity contribution in [3.63, 3.8) is 0 Å². The van der Waals surface area contributed by atoms with Crippen molar-refractivity contribution in [3.8, 4) is 22.6 Å². The van der Waals surface area contributed by atoms with Gasteiger partial charge in [0.1, 0.15) is 11.6 Å². The molecule has 0 aliphatic rings. The van der Waals surface area contributed by atoms with Crippen LogP contribution in [0.15, 0.2) is 88.5 Å². The van der Waals surface area contributed by atoms with Gasteiger partial charge >= 0.3 is 0 Å². The molecule has 0 fully saturated rings. The Hall–Kier alpha value is -3.32. The van der Waals surface area contributed by atoms with Crippen LogP contribution in [0.3, 0.4) is 0 Å². The van der Waals surface area contributed by atoms with Crippen LogP contribution in [0.1, 0.15) is 0 Å². The molecule has 4 aromatic rings. The maximum atomic E-state index is 14.5. The molecule has 0 aliphatic heterocycles. The van der Waals surface area contributed by atoms with Crippen LogP contribution in [0.4, 0.5) is 10.1 Å². The first-order chi connectivity index (χ1) is 13.9. The Morgan fingerprint density at radius 1 is 0.966 bits per heavy atom. The summed E-state index contributed by atoms with van der Waals surface area (Å²) in [5.41, 5.74) is 1.76. The van der Waals surface area contributed by atoms with Gasteiger partial charge in [-0.2, -0.15) is 0 Å². The summed E-state index contributed by atoms with van der Waals surface area (Å²) < 4.78 is 48.0. The van der Waals surface area contributed by atoms with Crippen molar-refractivity contribution in [2.24, 2.45) is 0 Å². The van der Waals surface area contributed by atoms with Crippen molar-refractivity contribution < 1.29 is 17.2 Å². The number of rotatable bonds is 5. The smallest absolute Gasteiger partial charge is 0.268 e. The van der Waals surface area contributed by atoms with Crippen molar-refractivity contribution in [1.29, 1.82) is 0 Å². The van der Waals surface area contributed by atoms with Gasteiger partial charge in [-0.1, -0.05) is 24.3 Å². The Morgan fingerprint density at radius 3 is 2.45 bits per heavy atom. The van der Waals surface area contributed by atoms with Crippen LogP contribution in [0.5, 0.6) is 0 Å². The van der Waals surface area contributed by atoms with Gasteiger partial charge < -0.3 is 9.32 Å². The number of benzene rings is 2. The van der Waals surface area contributed by atoms with Crippen LogP contribution in [0.2, 0.25) is 0 Å². The van der Waals surface area contributed by atoms with E-state index in [9.17, 15) is 12.8 Å². The molecule has 2 aromatic carbocycles. The van der Waals surface area contributed by atoms with E-state index in [2.05, 4.69) is 0 Å². The van der Waals surface area contributed by atoms with E-state index in [-0.39, 0.29) is 16.2 Å². The van der Waals surface area contributed by atoms with E-state index in [4.69, 9.17) is 4.42 Å². The molecule has 0 N–H and O–H groups in total. The van der Waals surface area contributed by atoms with Gasteiger partial charge in [0.05, 0.1) is 22.5 Å².